The molecule has 1 aromatic rings. The van der Waals surface area contributed by atoms with Crippen molar-refractivity contribution in [3.8, 4) is 0 Å². The van der Waals surface area contributed by atoms with Crippen molar-refractivity contribution < 1.29 is 14.1 Å². The van der Waals surface area contributed by atoms with Crippen LogP contribution in [0, 0.1) is 5.92 Å². The van der Waals surface area contributed by atoms with Crippen LogP contribution in [-0.2, 0) is 4.74 Å². The maximum Gasteiger partial charge on any atom is 0.379 e. The second kappa shape index (κ2) is 3.40. The molecule has 1 saturated carbocycles. The number of hydrogen-bond donors (Lipinski definition) is 0. The fourth-order valence-corrected chi connectivity index (χ4v) is 1.33. The fourth-order valence-electron chi connectivity index (χ4n) is 1.33. The molecule has 76 valence electrons. The molecular formula is C9H12N2O3. The Morgan fingerprint density at radius 1 is 1.71 bits per heavy atom. The molecule has 0 bridgehead atoms. The zero-order valence-corrected chi connectivity index (χ0v) is 8.19. The van der Waals surface area contributed by atoms with Gasteiger partial charge in [0.15, 0.2) is 0 Å². The Balaban J connectivity index is 2.06. The smallest absolute Gasteiger partial charge is 0.379 e. The summed E-state index contributed by atoms with van der Waals surface area (Å²) in [6, 6.07) is 0. The van der Waals surface area contributed by atoms with Crippen molar-refractivity contribution in [2.45, 2.75) is 26.2 Å². The second-order valence-corrected chi connectivity index (χ2v) is 3.50. The van der Waals surface area contributed by atoms with E-state index in [9.17, 15) is 4.79 Å². The van der Waals surface area contributed by atoms with E-state index in [-0.39, 0.29) is 5.82 Å². The number of ether oxygens (including phenoxy) is 1. The molecule has 0 aromatic carbocycles. The van der Waals surface area contributed by atoms with E-state index in [0.717, 1.165) is 6.42 Å². The molecule has 0 saturated heterocycles. The summed E-state index contributed by atoms with van der Waals surface area (Å²) in [5.74, 6) is 0.994. The van der Waals surface area contributed by atoms with Crippen molar-refractivity contribution in [2.75, 3.05) is 6.61 Å². The van der Waals surface area contributed by atoms with Crippen molar-refractivity contribution in [3.05, 3.63) is 11.7 Å². The number of rotatable bonds is 3. The van der Waals surface area contributed by atoms with Crippen LogP contribution in [0.1, 0.15) is 42.7 Å². The number of nitrogens with zero attached hydrogens (tertiary/aromatic N) is 2. The molecular weight excluding hydrogens is 184 g/mol. The van der Waals surface area contributed by atoms with Gasteiger partial charge in [-0.25, -0.2) is 4.79 Å². The summed E-state index contributed by atoms with van der Waals surface area (Å²) < 4.78 is 9.71. The number of aromatic nitrogens is 2. The van der Waals surface area contributed by atoms with Crippen LogP contribution in [0.4, 0.5) is 0 Å². The molecule has 1 aliphatic carbocycles. The van der Waals surface area contributed by atoms with Crippen LogP contribution in [0.25, 0.3) is 0 Å². The van der Waals surface area contributed by atoms with Gasteiger partial charge in [0.05, 0.1) is 6.61 Å². The van der Waals surface area contributed by atoms with Crippen molar-refractivity contribution in [2.24, 2.45) is 5.92 Å². The summed E-state index contributed by atoms with van der Waals surface area (Å²) in [7, 11) is 0. The van der Waals surface area contributed by atoms with Gasteiger partial charge >= 0.3 is 5.97 Å². The average Bonchev–Trinajstić information content (AvgIpc) is 2.70. The highest BCUT2D eigenvalue weighted by Crippen LogP contribution is 2.45. The SMILES string of the molecule is CCOC(=O)c1noc([C@H]2C[C@@H]2C)n1. The molecule has 0 aliphatic heterocycles. The molecule has 0 radical (unpaired) electrons. The van der Waals surface area contributed by atoms with Crippen molar-refractivity contribution in [1.29, 1.82) is 0 Å². The molecule has 1 aliphatic rings. The van der Waals surface area contributed by atoms with Crippen molar-refractivity contribution >= 4 is 5.97 Å². The van der Waals surface area contributed by atoms with Crippen LogP contribution in [0.15, 0.2) is 4.52 Å². The first kappa shape index (κ1) is 9.18. The Morgan fingerprint density at radius 2 is 2.43 bits per heavy atom. The summed E-state index contributed by atoms with van der Waals surface area (Å²) >= 11 is 0. The lowest BCUT2D eigenvalue weighted by molar-refractivity contribution is 0.0508. The topological polar surface area (TPSA) is 65.2 Å². The van der Waals surface area contributed by atoms with E-state index >= 15 is 0 Å². The fraction of sp³-hybridized carbons (Fsp3) is 0.667. The van der Waals surface area contributed by atoms with Gasteiger partial charge in [-0.05, 0) is 24.4 Å². The predicted octanol–water partition coefficient (Wildman–Crippen LogP) is 1.37. The zero-order valence-electron chi connectivity index (χ0n) is 8.19. The summed E-state index contributed by atoms with van der Waals surface area (Å²) in [4.78, 5) is 15.2. The molecule has 0 spiro atoms. The molecule has 0 unspecified atom stereocenters. The first-order chi connectivity index (χ1) is 6.72. The third-order valence-corrected chi connectivity index (χ3v) is 2.33. The van der Waals surface area contributed by atoms with Crippen LogP contribution in [0.2, 0.25) is 0 Å². The lowest BCUT2D eigenvalue weighted by Crippen LogP contribution is -2.06. The molecule has 1 aromatic heterocycles. The first-order valence-electron chi connectivity index (χ1n) is 4.73. The van der Waals surface area contributed by atoms with Gasteiger partial charge < -0.3 is 9.26 Å². The predicted molar refractivity (Wildman–Crippen MR) is 46.8 cm³/mol. The summed E-state index contributed by atoms with van der Waals surface area (Å²) in [5.41, 5.74) is 0. The summed E-state index contributed by atoms with van der Waals surface area (Å²) in [6.07, 6.45) is 1.06. The van der Waals surface area contributed by atoms with Crippen molar-refractivity contribution in [3.63, 3.8) is 0 Å². The zero-order chi connectivity index (χ0) is 10.1. The van der Waals surface area contributed by atoms with E-state index in [0.29, 0.717) is 24.3 Å². The molecule has 1 heterocycles. The van der Waals surface area contributed by atoms with Crippen LogP contribution in [0.5, 0.6) is 0 Å². The van der Waals surface area contributed by atoms with Crippen molar-refractivity contribution in [1.82, 2.24) is 10.1 Å². The Kier molecular flexibility index (Phi) is 2.23. The molecule has 14 heavy (non-hydrogen) atoms. The molecule has 5 nitrogen and oxygen atoms in total. The largest absolute Gasteiger partial charge is 0.460 e. The van der Waals surface area contributed by atoms with Gasteiger partial charge in [-0.1, -0.05) is 6.92 Å². The Morgan fingerprint density at radius 3 is 3.00 bits per heavy atom. The standard InChI is InChI=1S/C9H12N2O3/c1-3-13-9(12)7-10-8(14-11-7)6-4-5(6)2/h5-6H,3-4H2,1-2H3/t5-,6-/m0/s1. The number of hydrogen-bond acceptors (Lipinski definition) is 5. The van der Waals surface area contributed by atoms with Gasteiger partial charge in [-0.2, -0.15) is 4.98 Å². The quantitative estimate of drug-likeness (QED) is 0.683. The highest BCUT2D eigenvalue weighted by molar-refractivity contribution is 5.84. The number of esters is 1. The lowest BCUT2D eigenvalue weighted by atomic mass is 10.3. The monoisotopic (exact) mass is 196 g/mol. The first-order valence-corrected chi connectivity index (χ1v) is 4.73. The van der Waals surface area contributed by atoms with Crippen LogP contribution >= 0.6 is 0 Å². The van der Waals surface area contributed by atoms with Crippen LogP contribution in [0.3, 0.4) is 0 Å². The minimum absolute atomic E-state index is 0.0287. The second-order valence-electron chi connectivity index (χ2n) is 3.50. The molecule has 0 N–H and O–H groups in total. The van der Waals surface area contributed by atoms with E-state index in [1.807, 2.05) is 0 Å². The van der Waals surface area contributed by atoms with E-state index in [1.54, 1.807) is 6.92 Å². The third kappa shape index (κ3) is 1.62. The lowest BCUT2D eigenvalue weighted by Gasteiger charge is -1.93. The maximum atomic E-state index is 11.2. The Labute approximate surface area is 81.4 Å². The van der Waals surface area contributed by atoms with Crippen LogP contribution < -0.4 is 0 Å². The summed E-state index contributed by atoms with van der Waals surface area (Å²) in [5, 5.41) is 3.57. The minimum atomic E-state index is -0.518. The van der Waals surface area contributed by atoms with Gasteiger partial charge in [-0.3, -0.25) is 0 Å². The third-order valence-electron chi connectivity index (χ3n) is 2.33. The number of carbonyl (C=O) groups is 1. The van der Waals surface area contributed by atoms with E-state index in [2.05, 4.69) is 17.1 Å². The number of carbonyl (C=O) groups excluding carboxylic acids is 1. The highest BCUT2D eigenvalue weighted by Gasteiger charge is 2.39. The Bertz CT molecular complexity index is 348. The average molecular weight is 196 g/mol. The molecule has 2 atom stereocenters. The minimum Gasteiger partial charge on any atom is -0.460 e. The molecule has 5 heteroatoms. The van der Waals surface area contributed by atoms with Gasteiger partial charge in [0, 0.05) is 5.92 Å². The molecule has 0 amide bonds. The van der Waals surface area contributed by atoms with Gasteiger partial charge in [0.1, 0.15) is 0 Å². The Hall–Kier alpha value is -1.39. The van der Waals surface area contributed by atoms with Gasteiger partial charge in [-0.15, -0.1) is 0 Å². The maximum absolute atomic E-state index is 11.2. The van der Waals surface area contributed by atoms with Gasteiger partial charge in [0.2, 0.25) is 5.89 Å². The highest BCUT2D eigenvalue weighted by atomic mass is 16.5. The van der Waals surface area contributed by atoms with Gasteiger partial charge in [0.25, 0.3) is 5.82 Å². The van der Waals surface area contributed by atoms with E-state index in [1.165, 1.54) is 0 Å². The van der Waals surface area contributed by atoms with E-state index < -0.39 is 5.97 Å². The molecule has 1 fully saturated rings. The molecule has 2 rings (SSSR count). The normalized spacial score (nSPS) is 24.7. The van der Waals surface area contributed by atoms with Crippen LogP contribution in [-0.4, -0.2) is 22.7 Å². The van der Waals surface area contributed by atoms with E-state index in [4.69, 9.17) is 9.26 Å². The summed E-state index contributed by atoms with van der Waals surface area (Å²) in [6.45, 7) is 4.17.